The monoisotopic (exact) mass is 600 g/mol. The molecule has 0 fully saturated rings. The van der Waals surface area contributed by atoms with E-state index in [1.165, 1.54) is 0 Å². The molecule has 0 atom stereocenters. The van der Waals surface area contributed by atoms with Crippen LogP contribution < -0.4 is 0 Å². The van der Waals surface area contributed by atoms with Crippen LogP contribution >= 0.6 is 0 Å². The van der Waals surface area contributed by atoms with Crippen LogP contribution in [0.25, 0.3) is 43.8 Å². The summed E-state index contributed by atoms with van der Waals surface area (Å²) < 4.78 is 219. The first-order valence-corrected chi connectivity index (χ1v) is 10.6. The number of rotatable bonds is 2. The normalized spacial score (nSPS) is 11.8. The third kappa shape index (κ3) is 3.67. The molecule has 0 saturated carbocycles. The minimum atomic E-state index is -2.90. The Morgan fingerprint density at radius 1 is 0.293 bits per heavy atom. The van der Waals surface area contributed by atoms with Crippen LogP contribution in [0.5, 0.6) is 0 Å². The summed E-state index contributed by atoms with van der Waals surface area (Å²) in [5, 5.41) is -8.13. The molecular weight excluding hydrogens is 597 g/mol. The largest absolute Gasteiger partial charge is 0.207 e. The molecule has 0 aliphatic heterocycles. The van der Waals surface area contributed by atoms with Crippen LogP contribution in [0.4, 0.5) is 65.9 Å². The Hall–Kier alpha value is -4.43. The lowest BCUT2D eigenvalue weighted by molar-refractivity contribution is 0.381. The molecule has 0 bridgehead atoms. The second kappa shape index (κ2) is 9.31. The van der Waals surface area contributed by atoms with E-state index >= 15 is 17.6 Å². The lowest BCUT2D eigenvalue weighted by atomic mass is 9.84. The minimum absolute atomic E-state index is 0.00669. The fourth-order valence-corrected chi connectivity index (χ4v) is 4.49. The standard InChI is InChI=1S/C26H3F15/c27-4-1-2-5(6(28)3-4)7-9-11(16(31)22(37)20(35)14(9)29)8(12-10(7)15(30)21(36)23(38)17(12)32)13-18(33)24(39)26(41)25(40)19(13)34/h1-3H. The molecule has 5 rings (SSSR count). The summed E-state index contributed by atoms with van der Waals surface area (Å²) >= 11 is 0. The van der Waals surface area contributed by atoms with Gasteiger partial charge in [0, 0.05) is 44.3 Å². The summed E-state index contributed by atoms with van der Waals surface area (Å²) in [5.74, 6) is -39.6. The Morgan fingerprint density at radius 3 is 0.976 bits per heavy atom. The molecule has 0 nitrogen and oxygen atoms in total. The van der Waals surface area contributed by atoms with Gasteiger partial charge in [-0.2, -0.15) is 0 Å². The zero-order chi connectivity index (χ0) is 30.4. The molecule has 0 aliphatic rings. The summed E-state index contributed by atoms with van der Waals surface area (Å²) in [4.78, 5) is 0. The molecule has 5 aromatic carbocycles. The van der Waals surface area contributed by atoms with Crippen molar-refractivity contribution in [2.24, 2.45) is 0 Å². The van der Waals surface area contributed by atoms with Gasteiger partial charge in [0.2, 0.25) is 5.82 Å². The van der Waals surface area contributed by atoms with Crippen LogP contribution in [-0.2, 0) is 0 Å². The molecule has 0 N–H and O–H groups in total. The summed E-state index contributed by atoms with van der Waals surface area (Å²) in [6, 6.07) is 0.651. The van der Waals surface area contributed by atoms with Gasteiger partial charge < -0.3 is 0 Å². The van der Waals surface area contributed by atoms with Crippen molar-refractivity contribution in [3.05, 3.63) is 105 Å². The van der Waals surface area contributed by atoms with Crippen molar-refractivity contribution < 1.29 is 65.9 Å². The fourth-order valence-electron chi connectivity index (χ4n) is 4.49. The van der Waals surface area contributed by atoms with Gasteiger partial charge in [-0.25, -0.2) is 65.9 Å². The van der Waals surface area contributed by atoms with Gasteiger partial charge in [-0.1, -0.05) is 0 Å². The zero-order valence-corrected chi connectivity index (χ0v) is 18.9. The Bertz CT molecular complexity index is 1890. The third-order valence-electron chi connectivity index (χ3n) is 6.19. The average molecular weight is 600 g/mol. The van der Waals surface area contributed by atoms with Crippen LogP contribution in [-0.4, -0.2) is 0 Å². The number of halogens is 15. The first-order valence-electron chi connectivity index (χ1n) is 10.6. The van der Waals surface area contributed by atoms with E-state index in [4.69, 9.17) is 0 Å². The molecule has 212 valence electrons. The number of benzene rings is 5. The molecule has 0 heterocycles. The van der Waals surface area contributed by atoms with Crippen molar-refractivity contribution in [3.63, 3.8) is 0 Å². The second-order valence-electron chi connectivity index (χ2n) is 8.33. The molecule has 41 heavy (non-hydrogen) atoms. The Balaban J connectivity index is 2.31. The molecule has 0 spiro atoms. The van der Waals surface area contributed by atoms with Crippen LogP contribution in [0.3, 0.4) is 0 Å². The molecule has 15 heteroatoms. The second-order valence-corrected chi connectivity index (χ2v) is 8.33. The lowest BCUT2D eigenvalue weighted by Crippen LogP contribution is -2.10. The first-order chi connectivity index (χ1) is 19.1. The highest BCUT2D eigenvalue weighted by Gasteiger charge is 2.37. The molecular formula is C26H3F15. The molecule has 0 unspecified atom stereocenters. The van der Waals surface area contributed by atoms with Gasteiger partial charge in [-0.3, -0.25) is 0 Å². The van der Waals surface area contributed by atoms with Crippen molar-refractivity contribution in [2.45, 2.75) is 0 Å². The molecule has 0 aliphatic carbocycles. The van der Waals surface area contributed by atoms with Gasteiger partial charge in [0.15, 0.2) is 69.8 Å². The maximum absolute atomic E-state index is 15.3. The smallest absolute Gasteiger partial charge is 0.200 e. The van der Waals surface area contributed by atoms with E-state index in [9.17, 15) is 48.3 Å². The number of hydrogen-bond acceptors (Lipinski definition) is 0. The molecule has 0 saturated heterocycles. The SMILES string of the molecule is Fc1ccc(-c2c3c(F)c(F)c(F)c(F)c3c(-c3c(F)c(F)c(F)c(F)c3F)c3c(F)c(F)c(F)c(F)c23)c(F)c1. The van der Waals surface area contributed by atoms with Crippen molar-refractivity contribution in [2.75, 3.05) is 0 Å². The van der Waals surface area contributed by atoms with Crippen molar-refractivity contribution in [1.29, 1.82) is 0 Å². The highest BCUT2D eigenvalue weighted by Crippen LogP contribution is 2.50. The maximum atomic E-state index is 15.3. The Labute approximate surface area is 215 Å². The number of fused-ring (bicyclic) bond motifs is 2. The van der Waals surface area contributed by atoms with E-state index in [0.717, 1.165) is 0 Å². The van der Waals surface area contributed by atoms with Crippen molar-refractivity contribution >= 4 is 21.5 Å². The van der Waals surface area contributed by atoms with Crippen LogP contribution in [0.15, 0.2) is 18.2 Å². The zero-order valence-electron chi connectivity index (χ0n) is 18.9. The molecule has 5 aromatic rings. The quantitative estimate of drug-likeness (QED) is 0.0820. The highest BCUT2D eigenvalue weighted by molar-refractivity contribution is 6.22. The van der Waals surface area contributed by atoms with Crippen LogP contribution in [0, 0.1) is 87.3 Å². The van der Waals surface area contributed by atoms with Gasteiger partial charge in [-0.05, 0) is 12.1 Å². The highest BCUT2D eigenvalue weighted by atomic mass is 19.2. The predicted molar refractivity (Wildman–Crippen MR) is 112 cm³/mol. The van der Waals surface area contributed by atoms with Crippen molar-refractivity contribution in [3.8, 4) is 22.3 Å². The molecule has 0 aromatic heterocycles. The number of hydrogen-bond donors (Lipinski definition) is 0. The van der Waals surface area contributed by atoms with Gasteiger partial charge in [0.25, 0.3) is 0 Å². The Kier molecular flexibility index (Phi) is 6.38. The van der Waals surface area contributed by atoms with E-state index in [1.54, 1.807) is 0 Å². The van der Waals surface area contributed by atoms with Crippen LogP contribution in [0.2, 0.25) is 0 Å². The summed E-state index contributed by atoms with van der Waals surface area (Å²) in [6.45, 7) is 0. The fraction of sp³-hybridized carbons (Fsp3) is 0. The summed E-state index contributed by atoms with van der Waals surface area (Å²) in [5.41, 5.74) is -7.64. The van der Waals surface area contributed by atoms with Gasteiger partial charge in [0.1, 0.15) is 11.6 Å². The van der Waals surface area contributed by atoms with E-state index in [0.29, 0.717) is 12.1 Å². The van der Waals surface area contributed by atoms with E-state index in [2.05, 4.69) is 0 Å². The predicted octanol–water partition coefficient (Wildman–Crippen LogP) is 9.41. The van der Waals surface area contributed by atoms with E-state index < -0.39 is 131 Å². The average Bonchev–Trinajstić information content (AvgIpc) is 2.94. The summed E-state index contributed by atoms with van der Waals surface area (Å²) in [6.07, 6.45) is 0. The summed E-state index contributed by atoms with van der Waals surface area (Å²) in [7, 11) is 0. The van der Waals surface area contributed by atoms with Crippen LogP contribution in [0.1, 0.15) is 0 Å². The van der Waals surface area contributed by atoms with E-state index in [-0.39, 0.29) is 6.07 Å². The minimum Gasteiger partial charge on any atom is -0.207 e. The van der Waals surface area contributed by atoms with Crippen molar-refractivity contribution in [1.82, 2.24) is 0 Å². The first kappa shape index (κ1) is 28.1. The topological polar surface area (TPSA) is 0 Å². The molecule has 0 radical (unpaired) electrons. The van der Waals surface area contributed by atoms with Gasteiger partial charge >= 0.3 is 0 Å². The van der Waals surface area contributed by atoms with Gasteiger partial charge in [-0.15, -0.1) is 0 Å². The molecule has 0 amide bonds. The maximum Gasteiger partial charge on any atom is 0.200 e. The van der Waals surface area contributed by atoms with E-state index in [1.807, 2.05) is 0 Å². The lowest BCUT2D eigenvalue weighted by Gasteiger charge is -2.21. The van der Waals surface area contributed by atoms with Gasteiger partial charge in [0.05, 0.1) is 5.56 Å². The Morgan fingerprint density at radius 2 is 0.610 bits per heavy atom. The third-order valence-corrected chi connectivity index (χ3v) is 6.19.